The predicted molar refractivity (Wildman–Crippen MR) is 115 cm³/mol. The van der Waals surface area contributed by atoms with Crippen LogP contribution in [0.5, 0.6) is 0 Å². The van der Waals surface area contributed by atoms with Gasteiger partial charge in [-0.1, -0.05) is 48.0 Å². The van der Waals surface area contributed by atoms with E-state index in [0.717, 1.165) is 32.7 Å². The number of aryl methyl sites for hydroxylation is 2. The molecule has 29 heavy (non-hydrogen) atoms. The van der Waals surface area contributed by atoms with Gasteiger partial charge in [-0.15, -0.1) is 11.3 Å². The number of esters is 1. The molecule has 5 nitrogen and oxygen atoms in total. The number of H-pyrrole nitrogens is 1. The number of hydrogen-bond acceptors (Lipinski definition) is 5. The fourth-order valence-electron chi connectivity index (χ4n) is 3.27. The van der Waals surface area contributed by atoms with Crippen molar-refractivity contribution in [1.82, 2.24) is 9.97 Å². The third-order valence-electron chi connectivity index (χ3n) is 4.80. The number of aromatic amines is 1. The number of fused-ring (bicyclic) bond motifs is 1. The normalized spacial score (nSPS) is 12.1. The molecule has 2 aromatic carbocycles. The van der Waals surface area contributed by atoms with Crippen molar-refractivity contribution in [3.8, 4) is 10.6 Å². The molecule has 0 aliphatic carbocycles. The van der Waals surface area contributed by atoms with Crippen LogP contribution in [0.25, 0.3) is 21.5 Å². The second kappa shape index (κ2) is 7.64. The molecule has 0 radical (unpaired) electrons. The zero-order chi connectivity index (χ0) is 20.5. The molecular formula is C23H20N2O3S. The number of nitrogens with one attached hydrogen (secondary N) is 1. The molecule has 0 saturated heterocycles. The maximum atomic E-state index is 13.0. The van der Waals surface area contributed by atoms with Crippen LogP contribution in [0, 0.1) is 13.8 Å². The molecule has 6 heteroatoms. The van der Waals surface area contributed by atoms with Gasteiger partial charge >= 0.3 is 5.97 Å². The molecule has 4 rings (SSSR count). The van der Waals surface area contributed by atoms with Crippen LogP contribution in [0.3, 0.4) is 0 Å². The van der Waals surface area contributed by atoms with E-state index in [1.165, 1.54) is 11.3 Å². The molecule has 0 fully saturated rings. The summed E-state index contributed by atoms with van der Waals surface area (Å²) in [5.41, 5.74) is 4.51. The van der Waals surface area contributed by atoms with Gasteiger partial charge in [0, 0.05) is 33.1 Å². The topological polar surface area (TPSA) is 72.0 Å². The van der Waals surface area contributed by atoms with Gasteiger partial charge in [0.05, 0.1) is 0 Å². The highest BCUT2D eigenvalue weighted by Gasteiger charge is 2.25. The number of hydrogen-bond donors (Lipinski definition) is 1. The summed E-state index contributed by atoms with van der Waals surface area (Å²) in [7, 11) is 0. The van der Waals surface area contributed by atoms with Crippen LogP contribution >= 0.6 is 11.3 Å². The van der Waals surface area contributed by atoms with E-state index in [0.29, 0.717) is 5.56 Å². The standard InChI is InChI=1S/C23H20N2O3S/c1-13-8-10-16(11-9-13)22-25-19(12-29-22)23(27)28-15(3)21(26)20-14(2)24-18-7-5-4-6-17(18)20/h4-12,15,24H,1-3H3/t15-/m1/s1. The van der Waals surface area contributed by atoms with Crippen LogP contribution in [0.1, 0.15) is 39.0 Å². The summed E-state index contributed by atoms with van der Waals surface area (Å²) >= 11 is 1.37. The number of thiazole rings is 1. The fraction of sp³-hybridized carbons (Fsp3) is 0.174. The third-order valence-corrected chi connectivity index (χ3v) is 5.70. The van der Waals surface area contributed by atoms with E-state index in [2.05, 4.69) is 9.97 Å². The molecular weight excluding hydrogens is 384 g/mol. The number of carbonyl (C=O) groups excluding carboxylic acids is 2. The van der Waals surface area contributed by atoms with Gasteiger partial charge < -0.3 is 9.72 Å². The SMILES string of the molecule is Cc1ccc(-c2nc(C(=O)O[C@H](C)C(=O)c3c(C)[nH]c4ccccc34)cs2)cc1. The Morgan fingerprint density at radius 3 is 2.55 bits per heavy atom. The van der Waals surface area contributed by atoms with E-state index in [4.69, 9.17) is 4.74 Å². The van der Waals surface area contributed by atoms with Gasteiger partial charge in [0.25, 0.3) is 0 Å². The minimum Gasteiger partial charge on any atom is -0.450 e. The van der Waals surface area contributed by atoms with Gasteiger partial charge in [-0.05, 0) is 26.8 Å². The maximum Gasteiger partial charge on any atom is 0.358 e. The summed E-state index contributed by atoms with van der Waals surface area (Å²) in [4.78, 5) is 33.1. The highest BCUT2D eigenvalue weighted by Crippen LogP contribution is 2.26. The minimum atomic E-state index is -0.912. The number of aromatic nitrogens is 2. The lowest BCUT2D eigenvalue weighted by atomic mass is 10.0. The lowest BCUT2D eigenvalue weighted by molar-refractivity contribution is 0.0314. The first-order valence-electron chi connectivity index (χ1n) is 9.29. The average Bonchev–Trinajstić information content (AvgIpc) is 3.32. The lowest BCUT2D eigenvalue weighted by Crippen LogP contribution is -2.25. The molecule has 0 amide bonds. The molecule has 4 aromatic rings. The number of para-hydroxylation sites is 1. The zero-order valence-corrected chi connectivity index (χ0v) is 17.2. The van der Waals surface area contributed by atoms with Crippen LogP contribution in [0.4, 0.5) is 0 Å². The Morgan fingerprint density at radius 1 is 1.07 bits per heavy atom. The Morgan fingerprint density at radius 2 is 1.79 bits per heavy atom. The molecule has 146 valence electrons. The first kappa shape index (κ1) is 19.1. The lowest BCUT2D eigenvalue weighted by Gasteiger charge is -2.11. The number of ether oxygens (including phenoxy) is 1. The van der Waals surface area contributed by atoms with Crippen LogP contribution in [-0.2, 0) is 4.74 Å². The van der Waals surface area contributed by atoms with Crippen LogP contribution in [-0.4, -0.2) is 27.8 Å². The van der Waals surface area contributed by atoms with E-state index in [-0.39, 0.29) is 11.5 Å². The van der Waals surface area contributed by atoms with E-state index >= 15 is 0 Å². The molecule has 0 saturated carbocycles. The monoisotopic (exact) mass is 404 g/mol. The molecule has 0 bridgehead atoms. The fourth-order valence-corrected chi connectivity index (χ4v) is 4.06. The van der Waals surface area contributed by atoms with Crippen molar-refractivity contribution in [3.05, 3.63) is 76.4 Å². The maximum absolute atomic E-state index is 13.0. The number of nitrogens with zero attached hydrogens (tertiary/aromatic N) is 1. The van der Waals surface area contributed by atoms with E-state index in [9.17, 15) is 9.59 Å². The van der Waals surface area contributed by atoms with Gasteiger partial charge in [0.2, 0.25) is 5.78 Å². The van der Waals surface area contributed by atoms with Crippen molar-refractivity contribution in [2.24, 2.45) is 0 Å². The number of carbonyl (C=O) groups is 2. The van der Waals surface area contributed by atoms with Crippen molar-refractivity contribution < 1.29 is 14.3 Å². The molecule has 2 heterocycles. The summed E-state index contributed by atoms with van der Waals surface area (Å²) in [5.74, 6) is -0.833. The number of benzene rings is 2. The second-order valence-electron chi connectivity index (χ2n) is 6.99. The van der Waals surface area contributed by atoms with Gasteiger partial charge in [-0.25, -0.2) is 9.78 Å². The first-order chi connectivity index (χ1) is 13.9. The highest BCUT2D eigenvalue weighted by atomic mass is 32.1. The Kier molecular flexibility index (Phi) is 5.03. The van der Waals surface area contributed by atoms with Crippen molar-refractivity contribution >= 4 is 34.0 Å². The van der Waals surface area contributed by atoms with Crippen LogP contribution in [0.2, 0.25) is 0 Å². The van der Waals surface area contributed by atoms with Gasteiger partial charge in [0.1, 0.15) is 5.01 Å². The molecule has 0 spiro atoms. The van der Waals surface area contributed by atoms with Crippen molar-refractivity contribution in [3.63, 3.8) is 0 Å². The van der Waals surface area contributed by atoms with Gasteiger partial charge in [-0.2, -0.15) is 0 Å². The Labute approximate surface area is 172 Å². The molecule has 1 atom stereocenters. The molecule has 0 aliphatic rings. The quantitative estimate of drug-likeness (QED) is 0.360. The number of rotatable bonds is 5. The van der Waals surface area contributed by atoms with Crippen molar-refractivity contribution in [1.29, 1.82) is 0 Å². The van der Waals surface area contributed by atoms with E-state index < -0.39 is 12.1 Å². The largest absolute Gasteiger partial charge is 0.450 e. The van der Waals surface area contributed by atoms with Crippen molar-refractivity contribution in [2.45, 2.75) is 26.9 Å². The number of ketones is 1. The van der Waals surface area contributed by atoms with Gasteiger partial charge in [-0.3, -0.25) is 4.79 Å². The molecule has 0 aliphatic heterocycles. The average molecular weight is 404 g/mol. The zero-order valence-electron chi connectivity index (χ0n) is 16.4. The van der Waals surface area contributed by atoms with E-state index in [1.807, 2.05) is 62.4 Å². The Balaban J connectivity index is 1.51. The van der Waals surface area contributed by atoms with Gasteiger partial charge in [0.15, 0.2) is 11.8 Å². The minimum absolute atomic E-state index is 0.209. The molecule has 2 aromatic heterocycles. The number of Topliss-reactive ketones (excluding diaryl/α,β-unsaturated/α-hetero) is 1. The van der Waals surface area contributed by atoms with Crippen molar-refractivity contribution in [2.75, 3.05) is 0 Å². The molecule has 0 unspecified atom stereocenters. The van der Waals surface area contributed by atoms with Crippen LogP contribution in [0.15, 0.2) is 53.9 Å². The molecule has 1 N–H and O–H groups in total. The summed E-state index contributed by atoms with van der Waals surface area (Å²) in [6.07, 6.45) is -0.912. The Hall–Kier alpha value is -3.25. The predicted octanol–water partition coefficient (Wildman–Crippen LogP) is 5.34. The summed E-state index contributed by atoms with van der Waals surface area (Å²) in [6, 6.07) is 15.5. The summed E-state index contributed by atoms with van der Waals surface area (Å²) in [6.45, 7) is 5.45. The second-order valence-corrected chi connectivity index (χ2v) is 7.84. The third kappa shape index (κ3) is 3.71. The highest BCUT2D eigenvalue weighted by molar-refractivity contribution is 7.13. The summed E-state index contributed by atoms with van der Waals surface area (Å²) in [5, 5.41) is 3.22. The van der Waals surface area contributed by atoms with E-state index in [1.54, 1.807) is 12.3 Å². The smallest absolute Gasteiger partial charge is 0.358 e. The first-order valence-corrected chi connectivity index (χ1v) is 10.2. The summed E-state index contributed by atoms with van der Waals surface area (Å²) < 4.78 is 5.44. The Bertz CT molecular complexity index is 1200. The van der Waals surface area contributed by atoms with Crippen LogP contribution < -0.4 is 0 Å².